The highest BCUT2D eigenvalue weighted by Gasteiger charge is 2.30. The maximum atomic E-state index is 13.6. The Morgan fingerprint density at radius 2 is 1.59 bits per heavy atom. The summed E-state index contributed by atoms with van der Waals surface area (Å²) in [7, 11) is -3.79. The Balaban J connectivity index is 1.96. The molecule has 3 aromatic carbocycles. The zero-order chi connectivity index (χ0) is 24.7. The Morgan fingerprint density at radius 1 is 0.941 bits per heavy atom. The van der Waals surface area contributed by atoms with Crippen LogP contribution in [0.3, 0.4) is 0 Å². The van der Waals surface area contributed by atoms with Crippen molar-refractivity contribution in [2.45, 2.75) is 32.9 Å². The Labute approximate surface area is 201 Å². The van der Waals surface area contributed by atoms with Gasteiger partial charge in [-0.2, -0.15) is 0 Å². The lowest BCUT2D eigenvalue weighted by Gasteiger charge is -2.31. The third kappa shape index (κ3) is 6.14. The minimum atomic E-state index is -3.79. The molecule has 1 atom stereocenters. The van der Waals surface area contributed by atoms with Crippen LogP contribution < -0.4 is 9.62 Å². The summed E-state index contributed by atoms with van der Waals surface area (Å²) in [6.45, 7) is 3.89. The molecule has 0 aliphatic carbocycles. The second kappa shape index (κ2) is 11.2. The molecular formula is C26H31N3O4S. The van der Waals surface area contributed by atoms with Crippen LogP contribution in [0.15, 0.2) is 72.8 Å². The smallest absolute Gasteiger partial charge is 0.244 e. The van der Waals surface area contributed by atoms with Crippen molar-refractivity contribution in [1.82, 2.24) is 10.2 Å². The van der Waals surface area contributed by atoms with Crippen molar-refractivity contribution in [2.24, 2.45) is 0 Å². The molecule has 7 nitrogen and oxygen atoms in total. The van der Waals surface area contributed by atoms with Gasteiger partial charge in [-0.25, -0.2) is 8.42 Å². The lowest BCUT2D eigenvalue weighted by atomic mass is 10.1. The highest BCUT2D eigenvalue weighted by molar-refractivity contribution is 7.92. The third-order valence-electron chi connectivity index (χ3n) is 5.63. The van der Waals surface area contributed by atoms with Crippen LogP contribution in [0.1, 0.15) is 25.8 Å². The molecule has 3 rings (SSSR count). The molecule has 0 aromatic heterocycles. The predicted molar refractivity (Wildman–Crippen MR) is 136 cm³/mol. The number of carbonyl (C=O) groups is 2. The van der Waals surface area contributed by atoms with Gasteiger partial charge in [-0.1, -0.05) is 73.7 Å². The molecule has 0 saturated carbocycles. The minimum Gasteiger partial charge on any atom is -0.354 e. The number of benzene rings is 3. The van der Waals surface area contributed by atoms with Gasteiger partial charge in [0.05, 0.1) is 11.9 Å². The van der Waals surface area contributed by atoms with Crippen molar-refractivity contribution < 1.29 is 18.0 Å². The predicted octanol–water partition coefficient (Wildman–Crippen LogP) is 3.55. The summed E-state index contributed by atoms with van der Waals surface area (Å²) in [6.07, 6.45) is 1.86. The molecule has 8 heteroatoms. The van der Waals surface area contributed by atoms with Gasteiger partial charge in [0, 0.05) is 18.5 Å². The molecule has 0 spiro atoms. The van der Waals surface area contributed by atoms with Gasteiger partial charge in [0.1, 0.15) is 12.6 Å². The summed E-state index contributed by atoms with van der Waals surface area (Å²) in [4.78, 5) is 27.7. The van der Waals surface area contributed by atoms with E-state index in [1.807, 2.05) is 67.6 Å². The minimum absolute atomic E-state index is 0.188. The van der Waals surface area contributed by atoms with Gasteiger partial charge in [-0.05, 0) is 30.4 Å². The lowest BCUT2D eigenvalue weighted by molar-refractivity contribution is -0.139. The van der Waals surface area contributed by atoms with Crippen molar-refractivity contribution in [2.75, 3.05) is 23.7 Å². The Morgan fingerprint density at radius 3 is 2.26 bits per heavy atom. The molecule has 1 N–H and O–H groups in total. The molecule has 180 valence electrons. The molecule has 0 radical (unpaired) electrons. The van der Waals surface area contributed by atoms with E-state index >= 15 is 0 Å². The van der Waals surface area contributed by atoms with Crippen LogP contribution in [0.25, 0.3) is 10.8 Å². The number of sulfonamides is 1. The maximum absolute atomic E-state index is 13.6. The number of nitrogens with one attached hydrogen (secondary N) is 1. The number of fused-ring (bicyclic) bond motifs is 1. The van der Waals surface area contributed by atoms with Crippen LogP contribution in [-0.4, -0.2) is 50.5 Å². The van der Waals surface area contributed by atoms with E-state index in [0.717, 1.165) is 33.3 Å². The van der Waals surface area contributed by atoms with E-state index in [0.29, 0.717) is 12.2 Å². The molecular weight excluding hydrogens is 450 g/mol. The van der Waals surface area contributed by atoms with Crippen molar-refractivity contribution in [1.29, 1.82) is 0 Å². The van der Waals surface area contributed by atoms with Gasteiger partial charge in [0.15, 0.2) is 0 Å². The third-order valence-corrected chi connectivity index (χ3v) is 6.75. The van der Waals surface area contributed by atoms with Crippen molar-refractivity contribution in [3.63, 3.8) is 0 Å². The number of hydrogen-bond acceptors (Lipinski definition) is 4. The molecule has 0 aliphatic rings. The van der Waals surface area contributed by atoms with Crippen molar-refractivity contribution in [3.8, 4) is 0 Å². The van der Waals surface area contributed by atoms with Crippen LogP contribution in [-0.2, 0) is 26.2 Å². The summed E-state index contributed by atoms with van der Waals surface area (Å²) in [5, 5.41) is 4.43. The van der Waals surface area contributed by atoms with Gasteiger partial charge in [-0.15, -0.1) is 0 Å². The second-order valence-electron chi connectivity index (χ2n) is 8.24. The maximum Gasteiger partial charge on any atom is 0.244 e. The topological polar surface area (TPSA) is 86.8 Å². The summed E-state index contributed by atoms with van der Waals surface area (Å²) < 4.78 is 26.7. The van der Waals surface area contributed by atoms with Crippen LogP contribution in [0.5, 0.6) is 0 Å². The number of amides is 2. The molecule has 2 amide bonds. The fourth-order valence-corrected chi connectivity index (χ4v) is 4.64. The molecule has 0 aliphatic heterocycles. The summed E-state index contributed by atoms with van der Waals surface area (Å²) in [5.74, 6) is -0.733. The highest BCUT2D eigenvalue weighted by atomic mass is 32.2. The van der Waals surface area contributed by atoms with Gasteiger partial charge in [-0.3, -0.25) is 13.9 Å². The van der Waals surface area contributed by atoms with E-state index in [2.05, 4.69) is 5.32 Å². The van der Waals surface area contributed by atoms with Crippen molar-refractivity contribution in [3.05, 3.63) is 78.4 Å². The van der Waals surface area contributed by atoms with Gasteiger partial charge >= 0.3 is 0 Å². The number of anilines is 1. The van der Waals surface area contributed by atoms with E-state index in [-0.39, 0.29) is 12.5 Å². The number of hydrogen-bond donors (Lipinski definition) is 1. The first-order chi connectivity index (χ1) is 16.2. The van der Waals surface area contributed by atoms with Crippen molar-refractivity contribution >= 4 is 38.3 Å². The summed E-state index contributed by atoms with van der Waals surface area (Å²) in [6, 6.07) is 21.3. The first-order valence-corrected chi connectivity index (χ1v) is 13.1. The fourth-order valence-electron chi connectivity index (χ4n) is 3.78. The van der Waals surface area contributed by atoms with E-state index in [1.165, 1.54) is 4.90 Å². The zero-order valence-corrected chi connectivity index (χ0v) is 20.6. The fraction of sp³-hybridized carbons (Fsp3) is 0.308. The second-order valence-corrected chi connectivity index (χ2v) is 10.1. The number of rotatable bonds is 10. The molecule has 0 bridgehead atoms. The Hall–Kier alpha value is -3.39. The quantitative estimate of drug-likeness (QED) is 0.480. The monoisotopic (exact) mass is 481 g/mol. The molecule has 3 aromatic rings. The SMILES string of the molecule is CCCNC(=O)[C@@H](C)N(Cc1ccccc1)C(=O)CN(c1cccc2ccccc12)S(C)(=O)=O. The largest absolute Gasteiger partial charge is 0.354 e. The van der Waals surface area contributed by atoms with Crippen LogP contribution in [0, 0.1) is 0 Å². The van der Waals surface area contributed by atoms with Crippen LogP contribution in [0.4, 0.5) is 5.69 Å². The van der Waals surface area contributed by atoms with Crippen LogP contribution >= 0.6 is 0 Å². The Bertz CT molecular complexity index is 1240. The molecule has 0 saturated heterocycles. The number of nitrogens with zero attached hydrogens (tertiary/aromatic N) is 2. The van der Waals surface area contributed by atoms with Crippen LogP contribution in [0.2, 0.25) is 0 Å². The standard InChI is InChI=1S/C26H31N3O4S/c1-4-17-27-26(31)20(2)28(18-21-11-6-5-7-12-21)25(30)19-29(34(3,32)33)24-16-10-14-22-13-8-9-15-23(22)24/h5-16,20H,4,17-19H2,1-3H3,(H,27,31)/t20-/m1/s1. The number of carbonyl (C=O) groups excluding carboxylic acids is 2. The Kier molecular flexibility index (Phi) is 8.28. The highest BCUT2D eigenvalue weighted by Crippen LogP contribution is 2.28. The molecule has 0 heterocycles. The molecule has 0 unspecified atom stereocenters. The average molecular weight is 482 g/mol. The average Bonchev–Trinajstić information content (AvgIpc) is 2.83. The molecule has 34 heavy (non-hydrogen) atoms. The van der Waals surface area contributed by atoms with E-state index < -0.39 is 28.5 Å². The van der Waals surface area contributed by atoms with Gasteiger partial charge in [0.2, 0.25) is 21.8 Å². The van der Waals surface area contributed by atoms with Gasteiger partial charge in [0.25, 0.3) is 0 Å². The normalized spacial score (nSPS) is 12.2. The van der Waals surface area contributed by atoms with Gasteiger partial charge < -0.3 is 10.2 Å². The summed E-state index contributed by atoms with van der Waals surface area (Å²) in [5.41, 5.74) is 1.28. The van der Waals surface area contributed by atoms with E-state index in [9.17, 15) is 18.0 Å². The lowest BCUT2D eigenvalue weighted by Crippen LogP contribution is -2.51. The van der Waals surface area contributed by atoms with E-state index in [4.69, 9.17) is 0 Å². The first kappa shape index (κ1) is 25.2. The summed E-state index contributed by atoms with van der Waals surface area (Å²) >= 11 is 0. The first-order valence-electron chi connectivity index (χ1n) is 11.3. The van der Waals surface area contributed by atoms with E-state index in [1.54, 1.807) is 19.1 Å². The molecule has 0 fully saturated rings. The zero-order valence-electron chi connectivity index (χ0n) is 19.8.